The Kier molecular flexibility index (Phi) is 5.73. The summed E-state index contributed by atoms with van der Waals surface area (Å²) < 4.78 is 0. The number of rotatable bonds is 7. The molecule has 2 aromatic carbocycles. The number of hydrogen-bond donors (Lipinski definition) is 1. The maximum Gasteiger partial charge on any atom is 0.304 e. The molecule has 0 heterocycles. The van der Waals surface area contributed by atoms with Crippen molar-refractivity contribution in [3.63, 3.8) is 0 Å². The van der Waals surface area contributed by atoms with Crippen LogP contribution in [0.4, 0.5) is 0 Å². The summed E-state index contributed by atoms with van der Waals surface area (Å²) in [7, 11) is 0. The van der Waals surface area contributed by atoms with Crippen LogP contribution >= 0.6 is 0 Å². The highest BCUT2D eigenvalue weighted by Crippen LogP contribution is 2.25. The van der Waals surface area contributed by atoms with Gasteiger partial charge in [0, 0.05) is 18.6 Å². The smallest absolute Gasteiger partial charge is 0.304 e. The van der Waals surface area contributed by atoms with Crippen molar-refractivity contribution in [2.75, 3.05) is 0 Å². The van der Waals surface area contributed by atoms with E-state index in [0.29, 0.717) is 0 Å². The first-order chi connectivity index (χ1) is 10.6. The fraction of sp³-hybridized carbons (Fsp3) is 0.316. The molecule has 0 aliphatic heterocycles. The fourth-order valence-corrected chi connectivity index (χ4v) is 2.76. The first kappa shape index (κ1) is 16.2. The Labute approximate surface area is 132 Å². The Balaban J connectivity index is 2.22. The summed E-state index contributed by atoms with van der Waals surface area (Å²) in [5, 5.41) is 9.12. The molecule has 0 spiro atoms. The van der Waals surface area contributed by atoms with E-state index in [1.54, 1.807) is 0 Å². The van der Waals surface area contributed by atoms with Crippen molar-refractivity contribution >= 4 is 5.97 Å². The van der Waals surface area contributed by atoms with Crippen molar-refractivity contribution in [3.8, 4) is 0 Å². The van der Waals surface area contributed by atoms with Crippen LogP contribution in [-0.4, -0.2) is 22.0 Å². The van der Waals surface area contributed by atoms with E-state index in [9.17, 15) is 4.79 Å². The zero-order chi connectivity index (χ0) is 15.9. The highest BCUT2D eigenvalue weighted by atomic mass is 16.4. The molecular weight excluding hydrogens is 274 g/mol. The molecule has 3 heteroatoms. The summed E-state index contributed by atoms with van der Waals surface area (Å²) >= 11 is 0. The van der Waals surface area contributed by atoms with Gasteiger partial charge in [0.05, 0.1) is 6.42 Å². The lowest BCUT2D eigenvalue weighted by Gasteiger charge is -2.34. The molecule has 0 bridgehead atoms. The first-order valence-electron chi connectivity index (χ1n) is 7.64. The third kappa shape index (κ3) is 4.43. The van der Waals surface area contributed by atoms with Crippen LogP contribution in [0.5, 0.6) is 0 Å². The maximum atomic E-state index is 11.1. The molecule has 0 saturated heterocycles. The summed E-state index contributed by atoms with van der Waals surface area (Å²) in [6.07, 6.45) is 0.143. The molecule has 116 valence electrons. The minimum absolute atomic E-state index is 0.0343. The van der Waals surface area contributed by atoms with Crippen LogP contribution in [0.25, 0.3) is 0 Å². The molecule has 2 aromatic rings. The van der Waals surface area contributed by atoms with E-state index in [1.165, 1.54) is 11.1 Å². The van der Waals surface area contributed by atoms with Gasteiger partial charge in [-0.05, 0) is 25.0 Å². The quantitative estimate of drug-likeness (QED) is 0.836. The van der Waals surface area contributed by atoms with Gasteiger partial charge in [-0.3, -0.25) is 9.69 Å². The van der Waals surface area contributed by atoms with Gasteiger partial charge in [-0.1, -0.05) is 60.7 Å². The molecule has 0 aliphatic carbocycles. The lowest BCUT2D eigenvalue weighted by Crippen LogP contribution is -2.36. The Morgan fingerprint density at radius 1 is 1.00 bits per heavy atom. The van der Waals surface area contributed by atoms with Crippen molar-refractivity contribution in [1.29, 1.82) is 0 Å². The molecule has 2 rings (SSSR count). The average Bonchev–Trinajstić information content (AvgIpc) is 2.53. The predicted molar refractivity (Wildman–Crippen MR) is 88.6 cm³/mol. The second-order valence-electron chi connectivity index (χ2n) is 5.69. The van der Waals surface area contributed by atoms with Crippen molar-refractivity contribution in [2.24, 2.45) is 0 Å². The molecule has 3 nitrogen and oxygen atoms in total. The largest absolute Gasteiger partial charge is 0.481 e. The Morgan fingerprint density at radius 2 is 1.55 bits per heavy atom. The van der Waals surface area contributed by atoms with E-state index < -0.39 is 5.97 Å². The summed E-state index contributed by atoms with van der Waals surface area (Å²) in [6, 6.07) is 20.5. The maximum absolute atomic E-state index is 11.1. The lowest BCUT2D eigenvalue weighted by atomic mass is 10.0. The molecule has 22 heavy (non-hydrogen) atoms. The third-order valence-corrected chi connectivity index (χ3v) is 4.02. The fourth-order valence-electron chi connectivity index (χ4n) is 2.76. The standard InChI is InChI=1S/C19H23NO2/c1-15(13-19(21)22)20(14-17-9-5-3-6-10-17)16(2)18-11-7-4-8-12-18/h3-12,15-16H,13-14H2,1-2H3,(H,21,22). The molecule has 1 N–H and O–H groups in total. The number of aliphatic carboxylic acids is 1. The zero-order valence-corrected chi connectivity index (χ0v) is 13.1. The summed E-state index contributed by atoms with van der Waals surface area (Å²) in [5.74, 6) is -0.758. The molecule has 2 unspecified atom stereocenters. The molecule has 0 radical (unpaired) electrons. The minimum Gasteiger partial charge on any atom is -0.481 e. The SMILES string of the molecule is CC(CC(=O)O)N(Cc1ccccc1)C(C)c1ccccc1. The number of carboxylic acids is 1. The monoisotopic (exact) mass is 297 g/mol. The van der Waals surface area contributed by atoms with Crippen LogP contribution in [0.1, 0.15) is 37.4 Å². The molecule has 0 saturated carbocycles. The average molecular weight is 297 g/mol. The van der Waals surface area contributed by atoms with Crippen molar-refractivity contribution in [2.45, 2.75) is 38.9 Å². The normalized spacial score (nSPS) is 13.8. The van der Waals surface area contributed by atoms with Gasteiger partial charge in [0.25, 0.3) is 0 Å². The molecule has 2 atom stereocenters. The Hall–Kier alpha value is -2.13. The van der Waals surface area contributed by atoms with Gasteiger partial charge in [-0.15, -0.1) is 0 Å². The first-order valence-corrected chi connectivity index (χ1v) is 7.64. The highest BCUT2D eigenvalue weighted by molar-refractivity contribution is 5.67. The molecule has 0 fully saturated rings. The Morgan fingerprint density at radius 3 is 2.09 bits per heavy atom. The topological polar surface area (TPSA) is 40.5 Å². The number of hydrogen-bond acceptors (Lipinski definition) is 2. The van der Waals surface area contributed by atoms with E-state index in [0.717, 1.165) is 6.54 Å². The van der Waals surface area contributed by atoms with Gasteiger partial charge < -0.3 is 5.11 Å². The Bertz CT molecular complexity index is 583. The van der Waals surface area contributed by atoms with Gasteiger partial charge in [0.1, 0.15) is 0 Å². The molecule has 0 aromatic heterocycles. The van der Waals surface area contributed by atoms with Crippen LogP contribution in [-0.2, 0) is 11.3 Å². The van der Waals surface area contributed by atoms with Crippen LogP contribution < -0.4 is 0 Å². The van der Waals surface area contributed by atoms with Crippen LogP contribution in [0, 0.1) is 0 Å². The lowest BCUT2D eigenvalue weighted by molar-refractivity contribution is -0.138. The molecular formula is C19H23NO2. The van der Waals surface area contributed by atoms with Crippen molar-refractivity contribution in [1.82, 2.24) is 4.90 Å². The van der Waals surface area contributed by atoms with E-state index in [2.05, 4.69) is 36.1 Å². The summed E-state index contributed by atoms with van der Waals surface area (Å²) in [6.45, 7) is 4.86. The van der Waals surface area contributed by atoms with Gasteiger partial charge in [-0.25, -0.2) is 0 Å². The van der Waals surface area contributed by atoms with Crippen molar-refractivity contribution in [3.05, 3.63) is 71.8 Å². The number of carboxylic acid groups (broad SMARTS) is 1. The van der Waals surface area contributed by atoms with Gasteiger partial charge in [-0.2, -0.15) is 0 Å². The molecule has 0 aliphatic rings. The van der Waals surface area contributed by atoms with Gasteiger partial charge in [0.2, 0.25) is 0 Å². The van der Waals surface area contributed by atoms with E-state index >= 15 is 0 Å². The van der Waals surface area contributed by atoms with Crippen LogP contribution in [0.15, 0.2) is 60.7 Å². The third-order valence-electron chi connectivity index (χ3n) is 4.02. The van der Waals surface area contributed by atoms with Crippen molar-refractivity contribution < 1.29 is 9.90 Å². The second-order valence-corrected chi connectivity index (χ2v) is 5.69. The van der Waals surface area contributed by atoms with Gasteiger partial charge >= 0.3 is 5.97 Å². The number of carbonyl (C=O) groups is 1. The minimum atomic E-state index is -0.758. The van der Waals surface area contributed by atoms with E-state index in [4.69, 9.17) is 5.11 Å². The number of benzene rings is 2. The van der Waals surface area contributed by atoms with E-state index in [1.807, 2.05) is 43.3 Å². The predicted octanol–water partition coefficient (Wildman–Crippen LogP) is 4.11. The van der Waals surface area contributed by atoms with Crippen LogP contribution in [0.3, 0.4) is 0 Å². The number of nitrogens with zero attached hydrogens (tertiary/aromatic N) is 1. The second kappa shape index (κ2) is 7.76. The highest BCUT2D eigenvalue weighted by Gasteiger charge is 2.23. The van der Waals surface area contributed by atoms with Gasteiger partial charge in [0.15, 0.2) is 0 Å². The summed E-state index contributed by atoms with van der Waals surface area (Å²) in [5.41, 5.74) is 2.40. The van der Waals surface area contributed by atoms with E-state index in [-0.39, 0.29) is 18.5 Å². The summed E-state index contributed by atoms with van der Waals surface area (Å²) in [4.78, 5) is 13.3. The zero-order valence-electron chi connectivity index (χ0n) is 13.1. The molecule has 0 amide bonds. The van der Waals surface area contributed by atoms with Crippen LogP contribution in [0.2, 0.25) is 0 Å².